The third-order valence-corrected chi connectivity index (χ3v) is 5.37. The van der Waals surface area contributed by atoms with Crippen molar-refractivity contribution in [2.24, 2.45) is 0 Å². The maximum Gasteiger partial charge on any atom is 0.272 e. The van der Waals surface area contributed by atoms with Crippen molar-refractivity contribution in [1.29, 1.82) is 0 Å². The smallest absolute Gasteiger partial charge is 0.272 e. The van der Waals surface area contributed by atoms with E-state index in [2.05, 4.69) is 43.6 Å². The number of carbonyl (C=O) groups excluding carboxylic acids is 1. The number of aromatic amines is 2. The van der Waals surface area contributed by atoms with Gasteiger partial charge in [-0.15, -0.1) is 0 Å². The molecule has 0 aliphatic carbocycles. The molecule has 5 rings (SSSR count). The van der Waals surface area contributed by atoms with Crippen LogP contribution in [0.3, 0.4) is 0 Å². The lowest BCUT2D eigenvalue weighted by atomic mass is 10.0. The Bertz CT molecular complexity index is 1140. The van der Waals surface area contributed by atoms with E-state index in [1.165, 1.54) is 18.4 Å². The lowest BCUT2D eigenvalue weighted by Gasteiger charge is -2.17. The summed E-state index contributed by atoms with van der Waals surface area (Å²) in [5, 5.41) is 10.2. The zero-order chi connectivity index (χ0) is 19.6. The highest BCUT2D eigenvalue weighted by Crippen LogP contribution is 2.26. The molecule has 3 N–H and O–H groups in total. The van der Waals surface area contributed by atoms with Crippen molar-refractivity contribution >= 4 is 22.6 Å². The molecule has 0 spiro atoms. The van der Waals surface area contributed by atoms with Gasteiger partial charge in [-0.25, -0.2) is 4.98 Å². The van der Waals surface area contributed by atoms with Crippen LogP contribution < -0.4 is 5.32 Å². The van der Waals surface area contributed by atoms with Gasteiger partial charge in [-0.05, 0) is 49.7 Å². The molecular formula is C22H22N6O. The topological polar surface area (TPSA) is 89.7 Å². The number of likely N-dealkylation sites (tertiary alicyclic amines) is 1. The second-order valence-corrected chi connectivity index (χ2v) is 7.40. The minimum Gasteiger partial charge on any atom is -0.335 e. The van der Waals surface area contributed by atoms with Crippen molar-refractivity contribution in [3.63, 3.8) is 0 Å². The predicted octanol–water partition coefficient (Wildman–Crippen LogP) is 3.80. The first-order chi connectivity index (χ1) is 14.3. The van der Waals surface area contributed by atoms with E-state index in [1.54, 1.807) is 12.4 Å². The lowest BCUT2D eigenvalue weighted by Crippen LogP contribution is -2.18. The highest BCUT2D eigenvalue weighted by Gasteiger charge is 2.16. The molecule has 0 bridgehead atoms. The molecule has 1 saturated heterocycles. The molecule has 7 heteroatoms. The van der Waals surface area contributed by atoms with Gasteiger partial charge in [0.05, 0.1) is 17.6 Å². The summed E-state index contributed by atoms with van der Waals surface area (Å²) in [5.41, 5.74) is 5.13. The minimum absolute atomic E-state index is 0.222. The van der Waals surface area contributed by atoms with Crippen molar-refractivity contribution in [2.75, 3.05) is 18.4 Å². The molecule has 3 aromatic heterocycles. The molecule has 4 heterocycles. The van der Waals surface area contributed by atoms with Crippen molar-refractivity contribution in [3.05, 3.63) is 66.1 Å². The van der Waals surface area contributed by atoms with E-state index in [1.807, 2.05) is 24.3 Å². The molecule has 0 unspecified atom stereocenters. The monoisotopic (exact) mass is 386 g/mol. The van der Waals surface area contributed by atoms with Gasteiger partial charge in [-0.2, -0.15) is 5.10 Å². The molecule has 0 atom stereocenters. The summed E-state index contributed by atoms with van der Waals surface area (Å²) in [6.07, 6.45) is 5.75. The number of nitrogens with one attached hydrogen (secondary N) is 3. The molecule has 0 radical (unpaired) electrons. The van der Waals surface area contributed by atoms with Gasteiger partial charge >= 0.3 is 0 Å². The summed E-state index contributed by atoms with van der Waals surface area (Å²) in [6, 6.07) is 14.3. The maximum absolute atomic E-state index is 12.5. The van der Waals surface area contributed by atoms with E-state index >= 15 is 0 Å². The normalized spacial score (nSPS) is 14.5. The predicted molar refractivity (Wildman–Crippen MR) is 113 cm³/mol. The Morgan fingerprint density at radius 1 is 1.14 bits per heavy atom. The molecule has 146 valence electrons. The number of carbonyl (C=O) groups is 1. The van der Waals surface area contributed by atoms with Crippen molar-refractivity contribution in [3.8, 4) is 11.3 Å². The highest BCUT2D eigenvalue weighted by molar-refractivity contribution is 6.05. The van der Waals surface area contributed by atoms with Gasteiger partial charge in [0, 0.05) is 23.7 Å². The van der Waals surface area contributed by atoms with Gasteiger partial charge in [-0.3, -0.25) is 14.8 Å². The first kappa shape index (κ1) is 17.6. The summed E-state index contributed by atoms with van der Waals surface area (Å²) in [7, 11) is 0. The molecule has 0 saturated carbocycles. The van der Waals surface area contributed by atoms with Gasteiger partial charge in [0.1, 0.15) is 11.3 Å². The number of nitrogens with zero attached hydrogens (tertiary/aromatic N) is 3. The van der Waals surface area contributed by atoms with Gasteiger partial charge in [0.25, 0.3) is 5.91 Å². The van der Waals surface area contributed by atoms with Crippen LogP contribution in [0, 0.1) is 0 Å². The summed E-state index contributed by atoms with van der Waals surface area (Å²) in [6.45, 7) is 3.26. The third kappa shape index (κ3) is 3.64. The van der Waals surface area contributed by atoms with Gasteiger partial charge in [0.15, 0.2) is 0 Å². The van der Waals surface area contributed by atoms with Crippen molar-refractivity contribution in [2.45, 2.75) is 19.4 Å². The number of aromatic nitrogens is 4. The number of hydrogen-bond donors (Lipinski definition) is 3. The van der Waals surface area contributed by atoms with E-state index in [0.29, 0.717) is 17.0 Å². The zero-order valence-electron chi connectivity index (χ0n) is 16.0. The molecule has 1 fully saturated rings. The second-order valence-electron chi connectivity index (χ2n) is 7.40. The number of anilines is 1. The van der Waals surface area contributed by atoms with Gasteiger partial charge in [-0.1, -0.05) is 24.3 Å². The van der Waals surface area contributed by atoms with Crippen LogP contribution in [0.2, 0.25) is 0 Å². The summed E-state index contributed by atoms with van der Waals surface area (Å²) < 4.78 is 0. The lowest BCUT2D eigenvalue weighted by molar-refractivity contribution is 0.102. The van der Waals surface area contributed by atoms with Crippen LogP contribution in [0.4, 0.5) is 5.69 Å². The molecule has 1 aliphatic rings. The molecule has 1 aromatic carbocycles. The number of pyridine rings is 1. The number of rotatable bonds is 5. The SMILES string of the molecule is O=C(Nc1cn[nH]c1)c1cc2ccc(-c3ccccc3CN3CCCC3)nc2[nH]1. The number of H-pyrrole nitrogens is 2. The fourth-order valence-electron chi connectivity index (χ4n) is 3.89. The van der Waals surface area contributed by atoms with Crippen LogP contribution in [0.1, 0.15) is 28.9 Å². The number of benzene rings is 1. The van der Waals surface area contributed by atoms with E-state index in [-0.39, 0.29) is 5.91 Å². The Kier molecular flexibility index (Phi) is 4.57. The molecule has 1 aliphatic heterocycles. The van der Waals surface area contributed by atoms with Crippen molar-refractivity contribution in [1.82, 2.24) is 25.1 Å². The molecule has 1 amide bonds. The van der Waals surface area contributed by atoms with Crippen LogP contribution in [-0.4, -0.2) is 44.1 Å². The maximum atomic E-state index is 12.5. The molecule has 4 aromatic rings. The highest BCUT2D eigenvalue weighted by atomic mass is 16.1. The first-order valence-corrected chi connectivity index (χ1v) is 9.87. The summed E-state index contributed by atoms with van der Waals surface area (Å²) in [4.78, 5) is 22.9. The minimum atomic E-state index is -0.222. The van der Waals surface area contributed by atoms with E-state index in [4.69, 9.17) is 4.98 Å². The fraction of sp³-hybridized carbons (Fsp3) is 0.227. The fourth-order valence-corrected chi connectivity index (χ4v) is 3.89. The average Bonchev–Trinajstić information content (AvgIpc) is 3.49. The molecule has 7 nitrogen and oxygen atoms in total. The quantitative estimate of drug-likeness (QED) is 0.487. The Morgan fingerprint density at radius 2 is 2.00 bits per heavy atom. The number of fused-ring (bicyclic) bond motifs is 1. The van der Waals surface area contributed by atoms with Crippen LogP contribution >= 0.6 is 0 Å². The van der Waals surface area contributed by atoms with E-state index in [0.717, 1.165) is 36.3 Å². The van der Waals surface area contributed by atoms with Crippen LogP contribution in [0.25, 0.3) is 22.3 Å². The largest absolute Gasteiger partial charge is 0.335 e. The average molecular weight is 386 g/mol. The Morgan fingerprint density at radius 3 is 2.83 bits per heavy atom. The second kappa shape index (κ2) is 7.52. The van der Waals surface area contributed by atoms with Gasteiger partial charge in [0.2, 0.25) is 0 Å². The van der Waals surface area contributed by atoms with Crippen LogP contribution in [0.5, 0.6) is 0 Å². The number of hydrogen-bond acceptors (Lipinski definition) is 4. The van der Waals surface area contributed by atoms with Crippen LogP contribution in [-0.2, 0) is 6.54 Å². The Balaban J connectivity index is 1.44. The Hall–Kier alpha value is -3.45. The Labute approximate surface area is 168 Å². The van der Waals surface area contributed by atoms with Gasteiger partial charge < -0.3 is 10.3 Å². The summed E-state index contributed by atoms with van der Waals surface area (Å²) >= 11 is 0. The summed E-state index contributed by atoms with van der Waals surface area (Å²) in [5.74, 6) is -0.222. The first-order valence-electron chi connectivity index (χ1n) is 9.87. The molecular weight excluding hydrogens is 364 g/mol. The standard InChI is InChI=1S/C22H22N6O/c29-22(25-17-12-23-24-13-17)20-11-15-7-8-19(26-21(15)27-20)18-6-2-1-5-16(18)14-28-9-3-4-10-28/h1-2,5-8,11-13H,3-4,9-10,14H2,(H,23,24)(H,25,29)(H,26,27). The third-order valence-electron chi connectivity index (χ3n) is 5.37. The molecule has 29 heavy (non-hydrogen) atoms. The van der Waals surface area contributed by atoms with Crippen molar-refractivity contribution < 1.29 is 4.79 Å². The van der Waals surface area contributed by atoms with Crippen LogP contribution in [0.15, 0.2) is 54.9 Å². The van der Waals surface area contributed by atoms with E-state index in [9.17, 15) is 4.79 Å². The number of amides is 1. The van der Waals surface area contributed by atoms with E-state index < -0.39 is 0 Å². The zero-order valence-corrected chi connectivity index (χ0v) is 16.0.